The molecule has 2 aromatic carbocycles. The zero-order valence-corrected chi connectivity index (χ0v) is 18.7. The lowest BCUT2D eigenvalue weighted by atomic mass is 10.1. The van der Waals surface area contributed by atoms with Crippen LogP contribution in [0.5, 0.6) is 17.2 Å². The fraction of sp³-hybridized carbons (Fsp3) is 0.381. The Bertz CT molecular complexity index is 987. The summed E-state index contributed by atoms with van der Waals surface area (Å²) in [6.07, 6.45) is 0. The maximum Gasteiger partial charge on any atom is 0.259 e. The maximum absolute atomic E-state index is 12.9. The number of nitrogens with zero attached hydrogens (tertiary/aromatic N) is 1. The van der Waals surface area contributed by atoms with Crippen molar-refractivity contribution >= 4 is 21.6 Å². The van der Waals surface area contributed by atoms with Gasteiger partial charge >= 0.3 is 0 Å². The normalized spacial score (nSPS) is 11.3. The van der Waals surface area contributed by atoms with Crippen molar-refractivity contribution in [2.24, 2.45) is 0 Å². The molecule has 0 saturated carbocycles. The molecular weight excluding hydrogens is 408 g/mol. The van der Waals surface area contributed by atoms with Gasteiger partial charge in [0.15, 0.2) is 0 Å². The van der Waals surface area contributed by atoms with Gasteiger partial charge < -0.3 is 19.5 Å². The van der Waals surface area contributed by atoms with Crippen LogP contribution in [0.25, 0.3) is 0 Å². The van der Waals surface area contributed by atoms with Crippen molar-refractivity contribution in [3.05, 3.63) is 42.0 Å². The van der Waals surface area contributed by atoms with Gasteiger partial charge in [-0.25, -0.2) is 8.42 Å². The minimum absolute atomic E-state index is 0.0756. The Labute approximate surface area is 177 Å². The molecule has 0 aliphatic heterocycles. The molecule has 164 valence electrons. The lowest BCUT2D eigenvalue weighted by molar-refractivity contribution is 0.102. The Kier molecular flexibility index (Phi) is 8.08. The second-order valence-electron chi connectivity index (χ2n) is 6.20. The highest BCUT2D eigenvalue weighted by Crippen LogP contribution is 2.31. The van der Waals surface area contributed by atoms with Crippen molar-refractivity contribution in [3.63, 3.8) is 0 Å². The Morgan fingerprint density at radius 3 is 2.23 bits per heavy atom. The number of carbonyl (C=O) groups is 1. The second-order valence-corrected chi connectivity index (χ2v) is 8.14. The minimum Gasteiger partial charge on any atom is -0.497 e. The molecule has 0 atom stereocenters. The van der Waals surface area contributed by atoms with E-state index in [1.165, 1.54) is 30.7 Å². The molecule has 0 heterocycles. The van der Waals surface area contributed by atoms with E-state index in [1.807, 2.05) is 0 Å². The first-order chi connectivity index (χ1) is 14.3. The van der Waals surface area contributed by atoms with E-state index in [4.69, 9.17) is 14.2 Å². The molecule has 0 aliphatic carbocycles. The molecule has 0 radical (unpaired) electrons. The number of amides is 1. The van der Waals surface area contributed by atoms with Gasteiger partial charge in [0, 0.05) is 19.2 Å². The lowest BCUT2D eigenvalue weighted by Crippen LogP contribution is -2.30. The molecular formula is C21H28N2O6S. The molecule has 2 rings (SSSR count). The van der Waals surface area contributed by atoms with Gasteiger partial charge in [0.05, 0.1) is 37.0 Å². The molecule has 2 aromatic rings. The van der Waals surface area contributed by atoms with Gasteiger partial charge in [-0.15, -0.1) is 0 Å². The van der Waals surface area contributed by atoms with Gasteiger partial charge in [0.25, 0.3) is 5.91 Å². The number of anilines is 1. The number of benzene rings is 2. The van der Waals surface area contributed by atoms with Gasteiger partial charge in [-0.05, 0) is 37.3 Å². The van der Waals surface area contributed by atoms with Crippen LogP contribution in [0.3, 0.4) is 0 Å². The predicted molar refractivity (Wildman–Crippen MR) is 115 cm³/mol. The fourth-order valence-electron chi connectivity index (χ4n) is 2.94. The quantitative estimate of drug-likeness (QED) is 0.614. The third kappa shape index (κ3) is 5.03. The number of nitrogens with one attached hydrogen (secondary N) is 1. The summed E-state index contributed by atoms with van der Waals surface area (Å²) in [4.78, 5) is 13.0. The molecule has 9 heteroatoms. The largest absolute Gasteiger partial charge is 0.497 e. The minimum atomic E-state index is -3.69. The first-order valence-electron chi connectivity index (χ1n) is 9.62. The van der Waals surface area contributed by atoms with Crippen LogP contribution in [0, 0.1) is 0 Å². The standard InChI is InChI=1S/C21H28N2O6S/c1-6-23(7-2)30(25,26)16-10-12-19(29-8-3)18(14-16)22-21(24)17-11-9-15(27-4)13-20(17)28-5/h9-14H,6-8H2,1-5H3,(H,22,24). The van der Waals surface area contributed by atoms with E-state index < -0.39 is 15.9 Å². The van der Waals surface area contributed by atoms with E-state index in [1.54, 1.807) is 45.0 Å². The van der Waals surface area contributed by atoms with E-state index in [0.29, 0.717) is 36.9 Å². The summed E-state index contributed by atoms with van der Waals surface area (Å²) < 4.78 is 43.1. The van der Waals surface area contributed by atoms with E-state index in [0.717, 1.165) is 0 Å². The summed E-state index contributed by atoms with van der Waals surface area (Å²) in [5.74, 6) is 0.784. The van der Waals surface area contributed by atoms with Crippen molar-refractivity contribution in [2.45, 2.75) is 25.7 Å². The van der Waals surface area contributed by atoms with Gasteiger partial charge in [-0.3, -0.25) is 4.79 Å². The van der Waals surface area contributed by atoms with E-state index in [-0.39, 0.29) is 16.1 Å². The summed E-state index contributed by atoms with van der Waals surface area (Å²) in [7, 11) is -0.721. The van der Waals surface area contributed by atoms with Crippen LogP contribution < -0.4 is 19.5 Å². The fourth-order valence-corrected chi connectivity index (χ4v) is 4.42. The molecule has 1 N–H and O–H groups in total. The smallest absolute Gasteiger partial charge is 0.259 e. The second kappa shape index (κ2) is 10.3. The predicted octanol–water partition coefficient (Wildman–Crippen LogP) is 3.39. The Balaban J connectivity index is 2.46. The van der Waals surface area contributed by atoms with Gasteiger partial charge in [0.2, 0.25) is 10.0 Å². The molecule has 0 unspecified atom stereocenters. The third-order valence-electron chi connectivity index (χ3n) is 4.50. The molecule has 8 nitrogen and oxygen atoms in total. The molecule has 0 saturated heterocycles. The van der Waals surface area contributed by atoms with Crippen molar-refractivity contribution < 1.29 is 27.4 Å². The highest BCUT2D eigenvalue weighted by molar-refractivity contribution is 7.89. The molecule has 0 aromatic heterocycles. The third-order valence-corrected chi connectivity index (χ3v) is 6.54. The zero-order valence-electron chi connectivity index (χ0n) is 17.9. The number of rotatable bonds is 10. The molecule has 0 aliphatic rings. The monoisotopic (exact) mass is 436 g/mol. The van der Waals surface area contributed by atoms with Crippen LogP contribution >= 0.6 is 0 Å². The van der Waals surface area contributed by atoms with Crippen LogP contribution in [0.15, 0.2) is 41.3 Å². The average Bonchev–Trinajstić information content (AvgIpc) is 2.75. The number of hydrogen-bond donors (Lipinski definition) is 1. The van der Waals surface area contributed by atoms with Crippen LogP contribution in [0.2, 0.25) is 0 Å². The Hall–Kier alpha value is -2.78. The van der Waals surface area contributed by atoms with E-state index >= 15 is 0 Å². The van der Waals surface area contributed by atoms with Crippen molar-refractivity contribution in [1.29, 1.82) is 0 Å². The van der Waals surface area contributed by atoms with Gasteiger partial charge in [-0.2, -0.15) is 4.31 Å². The highest BCUT2D eigenvalue weighted by Gasteiger charge is 2.24. The topological polar surface area (TPSA) is 94.2 Å². The summed E-state index contributed by atoms with van der Waals surface area (Å²) in [6.45, 7) is 6.39. The number of methoxy groups -OCH3 is 2. The van der Waals surface area contributed by atoms with Gasteiger partial charge in [0.1, 0.15) is 17.2 Å². The van der Waals surface area contributed by atoms with Crippen LogP contribution in [-0.2, 0) is 10.0 Å². The van der Waals surface area contributed by atoms with Crippen LogP contribution in [0.4, 0.5) is 5.69 Å². The summed E-state index contributed by atoms with van der Waals surface area (Å²) in [5.41, 5.74) is 0.533. The lowest BCUT2D eigenvalue weighted by Gasteiger charge is -2.20. The first kappa shape index (κ1) is 23.5. The van der Waals surface area contributed by atoms with Crippen LogP contribution in [0.1, 0.15) is 31.1 Å². The van der Waals surface area contributed by atoms with E-state index in [2.05, 4.69) is 5.32 Å². The molecule has 0 bridgehead atoms. The number of sulfonamides is 1. The maximum atomic E-state index is 12.9. The van der Waals surface area contributed by atoms with Crippen molar-refractivity contribution in [2.75, 3.05) is 39.2 Å². The zero-order chi connectivity index (χ0) is 22.3. The summed E-state index contributed by atoms with van der Waals surface area (Å²) in [5, 5.41) is 2.74. The molecule has 0 spiro atoms. The molecule has 30 heavy (non-hydrogen) atoms. The number of ether oxygens (including phenoxy) is 3. The Morgan fingerprint density at radius 1 is 0.967 bits per heavy atom. The highest BCUT2D eigenvalue weighted by atomic mass is 32.2. The summed E-state index contributed by atoms with van der Waals surface area (Å²) in [6, 6.07) is 9.24. The number of carbonyl (C=O) groups excluding carboxylic acids is 1. The van der Waals surface area contributed by atoms with Crippen LogP contribution in [-0.4, -0.2) is 52.5 Å². The molecule has 1 amide bonds. The van der Waals surface area contributed by atoms with Crippen molar-refractivity contribution in [3.8, 4) is 17.2 Å². The van der Waals surface area contributed by atoms with Crippen molar-refractivity contribution in [1.82, 2.24) is 4.31 Å². The van der Waals surface area contributed by atoms with Gasteiger partial charge in [-0.1, -0.05) is 13.8 Å². The van der Waals surface area contributed by atoms with E-state index in [9.17, 15) is 13.2 Å². The molecule has 0 fully saturated rings. The SMILES string of the molecule is CCOc1ccc(S(=O)(=O)N(CC)CC)cc1NC(=O)c1ccc(OC)cc1OC. The summed E-state index contributed by atoms with van der Waals surface area (Å²) >= 11 is 0. The number of hydrogen-bond acceptors (Lipinski definition) is 6. The Morgan fingerprint density at radius 2 is 1.67 bits per heavy atom. The first-order valence-corrected chi connectivity index (χ1v) is 11.1. The average molecular weight is 437 g/mol.